The first-order valence-corrected chi connectivity index (χ1v) is 11.0. The molecule has 30 heavy (non-hydrogen) atoms. The Balaban J connectivity index is 1.35. The van der Waals surface area contributed by atoms with Gasteiger partial charge in [0.1, 0.15) is 5.01 Å². The highest BCUT2D eigenvalue weighted by molar-refractivity contribution is 7.22. The monoisotopic (exact) mass is 438 g/mol. The molecule has 7 nitrogen and oxygen atoms in total. The molecule has 0 saturated carbocycles. The summed E-state index contributed by atoms with van der Waals surface area (Å²) >= 11 is 2.85. The molecule has 1 amide bonds. The number of esters is 1. The zero-order valence-electron chi connectivity index (χ0n) is 16.1. The number of aromatic nitrogens is 3. The summed E-state index contributed by atoms with van der Waals surface area (Å²) in [6.07, 6.45) is 1.70. The minimum absolute atomic E-state index is 0.00385. The lowest BCUT2D eigenvalue weighted by atomic mass is 10.3. The molecule has 3 aromatic heterocycles. The summed E-state index contributed by atoms with van der Waals surface area (Å²) in [5.41, 5.74) is 2.19. The fraction of sp³-hybridized carbons (Fsp3) is 0.190. The van der Waals surface area contributed by atoms with Crippen molar-refractivity contribution < 1.29 is 14.3 Å². The van der Waals surface area contributed by atoms with Gasteiger partial charge in [-0.05, 0) is 31.2 Å². The largest absolute Gasteiger partial charge is 0.455 e. The number of anilines is 1. The molecule has 0 bridgehead atoms. The van der Waals surface area contributed by atoms with Crippen LogP contribution in [0.2, 0.25) is 0 Å². The Kier molecular flexibility index (Phi) is 6.10. The Hall–Kier alpha value is -3.17. The molecular formula is C21H18N4O3S2. The highest BCUT2D eigenvalue weighted by atomic mass is 32.1. The van der Waals surface area contributed by atoms with Crippen molar-refractivity contribution in [1.82, 2.24) is 15.0 Å². The molecular weight excluding hydrogens is 420 g/mol. The first kappa shape index (κ1) is 20.1. The number of para-hydroxylation sites is 1. The summed E-state index contributed by atoms with van der Waals surface area (Å²) in [6.45, 7) is 1.97. The Morgan fingerprint density at radius 3 is 2.70 bits per heavy atom. The van der Waals surface area contributed by atoms with Crippen molar-refractivity contribution >= 4 is 49.9 Å². The molecule has 4 aromatic rings. The summed E-state index contributed by atoms with van der Waals surface area (Å²) < 4.78 is 6.20. The average Bonchev–Trinajstić information content (AvgIpc) is 3.40. The SMILES string of the molecule is CCN(C(=O)COC(=O)Cc1csc(-c2ccccn2)n1)c1nc2ccccc2s1. The maximum atomic E-state index is 12.6. The second-order valence-electron chi connectivity index (χ2n) is 6.30. The van der Waals surface area contributed by atoms with Gasteiger partial charge in [0.25, 0.3) is 5.91 Å². The van der Waals surface area contributed by atoms with Gasteiger partial charge in [0.05, 0.1) is 28.0 Å². The predicted molar refractivity (Wildman–Crippen MR) is 118 cm³/mol. The minimum atomic E-state index is -0.499. The molecule has 152 valence electrons. The van der Waals surface area contributed by atoms with Crippen LogP contribution in [0.1, 0.15) is 12.6 Å². The number of hydrogen-bond acceptors (Lipinski definition) is 8. The zero-order chi connectivity index (χ0) is 20.9. The van der Waals surface area contributed by atoms with E-state index in [1.165, 1.54) is 27.6 Å². The number of benzene rings is 1. The van der Waals surface area contributed by atoms with E-state index < -0.39 is 5.97 Å². The summed E-state index contributed by atoms with van der Waals surface area (Å²) in [4.78, 5) is 39.5. The lowest BCUT2D eigenvalue weighted by molar-refractivity contribution is -0.147. The van der Waals surface area contributed by atoms with E-state index in [9.17, 15) is 9.59 Å². The van der Waals surface area contributed by atoms with Crippen LogP contribution in [-0.4, -0.2) is 40.0 Å². The first-order chi connectivity index (χ1) is 14.6. The number of amides is 1. The third kappa shape index (κ3) is 4.52. The molecule has 0 fully saturated rings. The van der Waals surface area contributed by atoms with E-state index in [0.29, 0.717) is 17.4 Å². The number of nitrogens with zero attached hydrogens (tertiary/aromatic N) is 4. The molecule has 0 saturated heterocycles. The number of fused-ring (bicyclic) bond motifs is 1. The summed E-state index contributed by atoms with van der Waals surface area (Å²) in [7, 11) is 0. The quantitative estimate of drug-likeness (QED) is 0.406. The molecule has 0 atom stereocenters. The standard InChI is InChI=1S/C21H18N4O3S2/c1-2-25(21-24-15-7-3-4-9-17(15)30-21)18(26)12-28-19(27)11-14-13-29-20(23-14)16-8-5-6-10-22-16/h3-10,13H,2,11-12H2,1H3. The number of hydrogen-bond donors (Lipinski definition) is 0. The van der Waals surface area contributed by atoms with Crippen LogP contribution in [0.5, 0.6) is 0 Å². The topological polar surface area (TPSA) is 85.3 Å². The van der Waals surface area contributed by atoms with Crippen LogP contribution in [0, 0.1) is 0 Å². The van der Waals surface area contributed by atoms with E-state index in [0.717, 1.165) is 20.9 Å². The Morgan fingerprint density at radius 2 is 1.93 bits per heavy atom. The lowest BCUT2D eigenvalue weighted by Gasteiger charge is -2.17. The normalized spacial score (nSPS) is 10.8. The van der Waals surface area contributed by atoms with Crippen molar-refractivity contribution in [2.45, 2.75) is 13.3 Å². The molecule has 0 N–H and O–H groups in total. The molecule has 0 aliphatic rings. The van der Waals surface area contributed by atoms with Crippen LogP contribution in [0.15, 0.2) is 54.0 Å². The van der Waals surface area contributed by atoms with Crippen molar-refractivity contribution in [1.29, 1.82) is 0 Å². The van der Waals surface area contributed by atoms with E-state index in [-0.39, 0.29) is 18.9 Å². The van der Waals surface area contributed by atoms with Gasteiger partial charge in [0.2, 0.25) is 0 Å². The molecule has 0 spiro atoms. The number of carbonyl (C=O) groups is 2. The highest BCUT2D eigenvalue weighted by Crippen LogP contribution is 2.28. The smallest absolute Gasteiger partial charge is 0.312 e. The van der Waals surface area contributed by atoms with Crippen molar-refractivity contribution in [3.63, 3.8) is 0 Å². The fourth-order valence-corrected chi connectivity index (χ4v) is 4.65. The number of likely N-dealkylation sites (N-methyl/N-ethyl adjacent to an activating group) is 1. The third-order valence-corrected chi connectivity index (χ3v) is 6.22. The summed E-state index contributed by atoms with van der Waals surface area (Å²) in [6, 6.07) is 13.3. The molecule has 1 aromatic carbocycles. The van der Waals surface area contributed by atoms with Crippen LogP contribution in [-0.2, 0) is 20.7 Å². The van der Waals surface area contributed by atoms with Crippen LogP contribution in [0.3, 0.4) is 0 Å². The van der Waals surface area contributed by atoms with Crippen LogP contribution in [0.25, 0.3) is 20.9 Å². The molecule has 0 radical (unpaired) electrons. The Labute approximate surface area is 181 Å². The van der Waals surface area contributed by atoms with E-state index in [1.807, 2.05) is 49.4 Å². The zero-order valence-corrected chi connectivity index (χ0v) is 17.8. The number of rotatable bonds is 7. The molecule has 0 aliphatic carbocycles. The van der Waals surface area contributed by atoms with Crippen LogP contribution >= 0.6 is 22.7 Å². The van der Waals surface area contributed by atoms with Gasteiger partial charge in [0, 0.05) is 18.1 Å². The van der Waals surface area contributed by atoms with Crippen molar-refractivity contribution in [3.8, 4) is 10.7 Å². The minimum Gasteiger partial charge on any atom is -0.455 e. The maximum Gasteiger partial charge on any atom is 0.312 e. The molecule has 4 rings (SSSR count). The van der Waals surface area contributed by atoms with Crippen molar-refractivity contribution in [3.05, 3.63) is 59.7 Å². The Morgan fingerprint density at radius 1 is 1.10 bits per heavy atom. The highest BCUT2D eigenvalue weighted by Gasteiger charge is 2.20. The van der Waals surface area contributed by atoms with Gasteiger partial charge in [-0.25, -0.2) is 9.97 Å². The second-order valence-corrected chi connectivity index (χ2v) is 8.17. The van der Waals surface area contributed by atoms with Gasteiger partial charge in [-0.1, -0.05) is 29.5 Å². The van der Waals surface area contributed by atoms with Gasteiger partial charge in [0.15, 0.2) is 11.7 Å². The maximum absolute atomic E-state index is 12.6. The van der Waals surface area contributed by atoms with E-state index in [1.54, 1.807) is 11.6 Å². The Bertz CT molecular complexity index is 1140. The summed E-state index contributed by atoms with van der Waals surface area (Å²) in [5, 5.41) is 3.13. The molecule has 0 unspecified atom stereocenters. The van der Waals surface area contributed by atoms with Crippen LogP contribution in [0.4, 0.5) is 5.13 Å². The fourth-order valence-electron chi connectivity index (χ4n) is 2.81. The lowest BCUT2D eigenvalue weighted by Crippen LogP contribution is -2.34. The number of thiazole rings is 2. The van der Waals surface area contributed by atoms with Gasteiger partial charge < -0.3 is 4.74 Å². The summed E-state index contributed by atoms with van der Waals surface area (Å²) in [5.74, 6) is -0.807. The van der Waals surface area contributed by atoms with E-state index in [4.69, 9.17) is 4.74 Å². The van der Waals surface area contributed by atoms with E-state index in [2.05, 4.69) is 15.0 Å². The van der Waals surface area contributed by atoms with Gasteiger partial charge in [-0.2, -0.15) is 0 Å². The van der Waals surface area contributed by atoms with Gasteiger partial charge in [-0.3, -0.25) is 19.5 Å². The number of pyridine rings is 1. The third-order valence-electron chi connectivity index (χ3n) is 4.25. The van der Waals surface area contributed by atoms with Crippen molar-refractivity contribution in [2.24, 2.45) is 0 Å². The molecule has 9 heteroatoms. The van der Waals surface area contributed by atoms with Crippen molar-refractivity contribution in [2.75, 3.05) is 18.1 Å². The van der Waals surface area contributed by atoms with Gasteiger partial charge >= 0.3 is 5.97 Å². The number of ether oxygens (including phenoxy) is 1. The van der Waals surface area contributed by atoms with Gasteiger partial charge in [-0.15, -0.1) is 11.3 Å². The number of carbonyl (C=O) groups excluding carboxylic acids is 2. The predicted octanol–water partition coefficient (Wildman–Crippen LogP) is 3.95. The van der Waals surface area contributed by atoms with Crippen LogP contribution < -0.4 is 4.90 Å². The molecule has 0 aliphatic heterocycles. The average molecular weight is 439 g/mol. The second kappa shape index (κ2) is 9.10. The molecule has 3 heterocycles. The first-order valence-electron chi connectivity index (χ1n) is 9.31. The van der Waals surface area contributed by atoms with E-state index >= 15 is 0 Å².